The SMILES string of the molecule is CC(C)(C)c1ccc2c(c1)-c1nc-2nc2[nH]c(nc3nc(nc4[nH]c(n1)c1ccc(C(C)(C)C)cc41)-c1cnccc1-3)c1cc(C(C)(C)C)ccc21. The van der Waals surface area contributed by atoms with Crippen molar-refractivity contribution in [3.8, 4) is 45.6 Å². The minimum atomic E-state index is -0.0660. The lowest BCUT2D eigenvalue weighted by Crippen LogP contribution is -2.10. The molecule has 7 aromatic rings. The molecule has 9 heteroatoms. The summed E-state index contributed by atoms with van der Waals surface area (Å²) in [6.45, 7) is 20.0. The van der Waals surface area contributed by atoms with Crippen LogP contribution >= 0.6 is 0 Å². The zero-order chi connectivity index (χ0) is 36.3. The van der Waals surface area contributed by atoms with Gasteiger partial charge in [0.25, 0.3) is 0 Å². The van der Waals surface area contributed by atoms with Crippen LogP contribution in [-0.4, -0.2) is 44.9 Å². The maximum Gasteiger partial charge on any atom is 0.166 e. The van der Waals surface area contributed by atoms with Gasteiger partial charge in [-0.25, -0.2) is 29.9 Å². The van der Waals surface area contributed by atoms with Crippen molar-refractivity contribution in [3.05, 3.63) is 89.7 Å². The molecule has 0 spiro atoms. The highest BCUT2D eigenvalue weighted by Crippen LogP contribution is 2.39. The predicted molar refractivity (Wildman–Crippen MR) is 210 cm³/mol. The Morgan fingerprint density at radius 3 is 1.29 bits per heavy atom. The number of fused-ring (bicyclic) bond motifs is 20. The number of pyridine rings is 1. The van der Waals surface area contributed by atoms with Crippen LogP contribution in [0.5, 0.6) is 0 Å². The van der Waals surface area contributed by atoms with E-state index in [4.69, 9.17) is 29.9 Å². The zero-order valence-electron chi connectivity index (χ0n) is 31.1. The lowest BCUT2D eigenvalue weighted by molar-refractivity contribution is 0.590. The first-order chi connectivity index (χ1) is 24.6. The second-order valence-electron chi connectivity index (χ2n) is 17.1. The first kappa shape index (κ1) is 32.1. The first-order valence-corrected chi connectivity index (χ1v) is 17.8. The molecule has 8 bridgehead atoms. The summed E-state index contributed by atoms with van der Waals surface area (Å²) >= 11 is 0. The van der Waals surface area contributed by atoms with Crippen LogP contribution in [0.3, 0.4) is 0 Å². The van der Waals surface area contributed by atoms with Crippen molar-refractivity contribution in [2.45, 2.75) is 78.6 Å². The van der Waals surface area contributed by atoms with E-state index in [0.717, 1.165) is 43.8 Å². The Labute approximate surface area is 302 Å². The van der Waals surface area contributed by atoms with E-state index >= 15 is 0 Å². The quantitative estimate of drug-likeness (QED) is 0.163. The van der Waals surface area contributed by atoms with Crippen molar-refractivity contribution >= 4 is 44.1 Å². The maximum absolute atomic E-state index is 5.26. The second-order valence-corrected chi connectivity index (χ2v) is 17.1. The topological polar surface area (TPSA) is 122 Å². The molecular weight excluding hydrogens is 643 g/mol. The predicted octanol–water partition coefficient (Wildman–Crippen LogP) is 10.2. The Bertz CT molecular complexity index is 2800. The van der Waals surface area contributed by atoms with Crippen LogP contribution in [0, 0.1) is 0 Å². The first-order valence-electron chi connectivity index (χ1n) is 17.8. The van der Waals surface area contributed by atoms with Crippen molar-refractivity contribution in [1.29, 1.82) is 0 Å². The fraction of sp³-hybridized carbons (Fsp3) is 0.279. The van der Waals surface area contributed by atoms with Gasteiger partial charge in [0, 0.05) is 56.2 Å². The Balaban J connectivity index is 1.47. The summed E-state index contributed by atoms with van der Waals surface area (Å²) in [7, 11) is 0. The van der Waals surface area contributed by atoms with Crippen LogP contribution in [0.2, 0.25) is 0 Å². The molecule has 3 aromatic carbocycles. The molecule has 0 aliphatic carbocycles. The summed E-state index contributed by atoms with van der Waals surface area (Å²) in [5.74, 6) is 2.29. The molecule has 9 nitrogen and oxygen atoms in total. The van der Waals surface area contributed by atoms with Gasteiger partial charge in [0.1, 0.15) is 22.6 Å². The third-order valence-electron chi connectivity index (χ3n) is 10.2. The van der Waals surface area contributed by atoms with Crippen molar-refractivity contribution in [1.82, 2.24) is 44.9 Å². The number of aromatic nitrogens is 9. The van der Waals surface area contributed by atoms with Gasteiger partial charge < -0.3 is 9.97 Å². The Morgan fingerprint density at radius 1 is 0.385 bits per heavy atom. The number of hydrogen-bond acceptors (Lipinski definition) is 7. The maximum atomic E-state index is 5.26. The second kappa shape index (κ2) is 10.8. The number of hydrogen-bond donors (Lipinski definition) is 2. The van der Waals surface area contributed by atoms with Crippen LogP contribution in [0.4, 0.5) is 0 Å². The molecule has 0 atom stereocenters. The number of nitrogens with one attached hydrogen (secondary N) is 2. The van der Waals surface area contributed by atoms with Crippen molar-refractivity contribution in [2.24, 2.45) is 0 Å². The van der Waals surface area contributed by atoms with Crippen LogP contribution in [0.15, 0.2) is 73.1 Å². The van der Waals surface area contributed by atoms with E-state index in [1.54, 1.807) is 6.20 Å². The molecule has 0 saturated heterocycles. The Kier molecular flexibility index (Phi) is 6.69. The van der Waals surface area contributed by atoms with E-state index in [2.05, 4.69) is 132 Å². The van der Waals surface area contributed by atoms with Gasteiger partial charge in [-0.05, 0) is 57.2 Å². The van der Waals surface area contributed by atoms with Gasteiger partial charge in [0.05, 0.1) is 0 Å². The van der Waals surface area contributed by atoms with Crippen molar-refractivity contribution in [3.63, 3.8) is 0 Å². The minimum Gasteiger partial charge on any atom is -0.324 e. The van der Waals surface area contributed by atoms with Gasteiger partial charge >= 0.3 is 0 Å². The largest absolute Gasteiger partial charge is 0.324 e. The van der Waals surface area contributed by atoms with Gasteiger partial charge in [0.2, 0.25) is 0 Å². The Hall–Kier alpha value is -5.83. The summed E-state index contributed by atoms with van der Waals surface area (Å²) in [6.07, 6.45) is 3.58. The molecule has 258 valence electrons. The molecule has 0 unspecified atom stereocenters. The van der Waals surface area contributed by atoms with Crippen molar-refractivity contribution < 1.29 is 0 Å². The molecule has 0 radical (unpaired) electrons. The van der Waals surface area contributed by atoms with Gasteiger partial charge in [-0.3, -0.25) is 4.98 Å². The van der Waals surface area contributed by atoms with E-state index in [1.807, 2.05) is 12.3 Å². The van der Waals surface area contributed by atoms with Crippen LogP contribution in [0.1, 0.15) is 79.0 Å². The highest BCUT2D eigenvalue weighted by Gasteiger charge is 2.25. The minimum absolute atomic E-state index is 0.0623. The van der Waals surface area contributed by atoms with Gasteiger partial charge in [-0.2, -0.15) is 0 Å². The smallest absolute Gasteiger partial charge is 0.166 e. The molecule has 9 rings (SSSR count). The van der Waals surface area contributed by atoms with Gasteiger partial charge in [0.15, 0.2) is 23.3 Å². The highest BCUT2D eigenvalue weighted by atomic mass is 15.1. The van der Waals surface area contributed by atoms with Crippen LogP contribution in [-0.2, 0) is 16.2 Å². The average molecular weight is 684 g/mol. The fourth-order valence-electron chi connectivity index (χ4n) is 7.04. The molecule has 2 N–H and O–H groups in total. The zero-order valence-corrected chi connectivity index (χ0v) is 31.1. The third kappa shape index (κ3) is 5.17. The molecule has 4 aromatic heterocycles. The molecule has 2 aliphatic heterocycles. The summed E-state index contributed by atoms with van der Waals surface area (Å²) in [5, 5.41) is 3.82. The van der Waals surface area contributed by atoms with E-state index < -0.39 is 0 Å². The number of aromatic amines is 2. The number of benzene rings is 3. The molecule has 0 fully saturated rings. The summed E-state index contributed by atoms with van der Waals surface area (Å²) in [6, 6.07) is 21.5. The summed E-state index contributed by atoms with van der Waals surface area (Å²) < 4.78 is 0. The summed E-state index contributed by atoms with van der Waals surface area (Å²) in [5.41, 5.74) is 9.65. The number of rotatable bonds is 0. The highest BCUT2D eigenvalue weighted by molar-refractivity contribution is 6.06. The van der Waals surface area contributed by atoms with Crippen LogP contribution < -0.4 is 0 Å². The van der Waals surface area contributed by atoms with Crippen LogP contribution in [0.25, 0.3) is 89.7 Å². The van der Waals surface area contributed by atoms with Gasteiger partial charge in [-0.15, -0.1) is 0 Å². The third-order valence-corrected chi connectivity index (χ3v) is 10.2. The molecule has 0 saturated carbocycles. The molecule has 0 amide bonds. The van der Waals surface area contributed by atoms with E-state index in [-0.39, 0.29) is 16.2 Å². The lowest BCUT2D eigenvalue weighted by atomic mass is 9.85. The number of H-pyrrole nitrogens is 2. The van der Waals surface area contributed by atoms with E-state index in [9.17, 15) is 0 Å². The Morgan fingerprint density at radius 2 is 0.788 bits per heavy atom. The van der Waals surface area contributed by atoms with E-state index in [0.29, 0.717) is 45.9 Å². The average Bonchev–Trinajstić information content (AvgIpc) is 3.82. The lowest BCUT2D eigenvalue weighted by Gasteiger charge is -2.19. The standard InChI is InChI=1S/C43H41N9/c1-41(2,3)22-10-13-25-29(18-22)37-46-33(25)45-34-26-14-11-23(42(4,5)6)19-30(26)38(47-34)50-36-28-16-17-44-21-32(28)40(51-36)52-39-31-20-24(43(7,8)9)12-15-27(31)35(48-37)49-39/h10-21H,1-9H3,(H2,45,46,47,48,49,50,51,52). The fourth-order valence-corrected chi connectivity index (χ4v) is 7.04. The molecule has 2 aliphatic rings. The monoisotopic (exact) mass is 683 g/mol. The molecular formula is C43H41N9. The van der Waals surface area contributed by atoms with Gasteiger partial charge in [-0.1, -0.05) is 98.7 Å². The summed E-state index contributed by atoms with van der Waals surface area (Å²) in [4.78, 5) is 42.6. The molecule has 52 heavy (non-hydrogen) atoms. The van der Waals surface area contributed by atoms with Crippen molar-refractivity contribution in [2.75, 3.05) is 0 Å². The molecule has 6 heterocycles. The number of nitrogens with zero attached hydrogens (tertiary/aromatic N) is 7. The normalized spacial score (nSPS) is 13.1. The van der Waals surface area contributed by atoms with E-state index in [1.165, 1.54) is 16.7 Å².